The van der Waals surface area contributed by atoms with Crippen molar-refractivity contribution in [3.63, 3.8) is 0 Å². The molecule has 0 spiro atoms. The predicted octanol–water partition coefficient (Wildman–Crippen LogP) is 2.76. The van der Waals surface area contributed by atoms with E-state index < -0.39 is 0 Å². The van der Waals surface area contributed by atoms with E-state index in [2.05, 4.69) is 19.9 Å². The molecule has 0 aliphatic carbocycles. The van der Waals surface area contributed by atoms with Crippen LogP contribution in [0.2, 0.25) is 0 Å². The highest BCUT2D eigenvalue weighted by atomic mass is 16.2. The van der Waals surface area contributed by atoms with E-state index in [4.69, 9.17) is 0 Å². The van der Waals surface area contributed by atoms with Gasteiger partial charge in [-0.25, -0.2) is 15.0 Å². The lowest BCUT2D eigenvalue weighted by molar-refractivity contribution is 0.0732. The zero-order valence-corrected chi connectivity index (χ0v) is 14.6. The van der Waals surface area contributed by atoms with Gasteiger partial charge in [0.25, 0.3) is 5.91 Å². The van der Waals surface area contributed by atoms with E-state index in [9.17, 15) is 4.79 Å². The van der Waals surface area contributed by atoms with Crippen molar-refractivity contribution < 1.29 is 4.79 Å². The summed E-state index contributed by atoms with van der Waals surface area (Å²) in [5.41, 5.74) is 1.65. The van der Waals surface area contributed by atoms with Gasteiger partial charge in [0.2, 0.25) is 0 Å². The fraction of sp³-hybridized carbons (Fsp3) is 0.474. The quantitative estimate of drug-likeness (QED) is 0.862. The summed E-state index contributed by atoms with van der Waals surface area (Å²) in [5, 5.41) is 0. The number of hydrogen-bond donors (Lipinski definition) is 0. The van der Waals surface area contributed by atoms with Gasteiger partial charge in [-0.3, -0.25) is 4.79 Å². The van der Waals surface area contributed by atoms with Crippen LogP contribution in [0, 0.1) is 6.92 Å². The molecule has 2 fully saturated rings. The van der Waals surface area contributed by atoms with Gasteiger partial charge in [-0.2, -0.15) is 0 Å². The number of nitrogens with zero attached hydrogens (tertiary/aromatic N) is 5. The largest absolute Gasteiger partial charge is 0.357 e. The molecule has 2 saturated heterocycles. The lowest BCUT2D eigenvalue weighted by Crippen LogP contribution is -2.31. The first-order valence-corrected chi connectivity index (χ1v) is 9.04. The maximum Gasteiger partial charge on any atom is 0.254 e. The zero-order valence-electron chi connectivity index (χ0n) is 14.6. The zero-order chi connectivity index (χ0) is 17.2. The number of pyridine rings is 1. The van der Waals surface area contributed by atoms with Crippen molar-refractivity contribution in [2.75, 3.05) is 24.5 Å². The van der Waals surface area contributed by atoms with Gasteiger partial charge in [0.1, 0.15) is 11.6 Å². The van der Waals surface area contributed by atoms with Crippen LogP contribution in [0.15, 0.2) is 30.6 Å². The molecule has 0 radical (unpaired) electrons. The van der Waals surface area contributed by atoms with Crippen molar-refractivity contribution in [2.24, 2.45) is 0 Å². The minimum Gasteiger partial charge on any atom is -0.357 e. The van der Waals surface area contributed by atoms with Crippen LogP contribution in [0.25, 0.3) is 0 Å². The summed E-state index contributed by atoms with van der Waals surface area (Å²) in [6.45, 7) is 4.71. The van der Waals surface area contributed by atoms with Crippen molar-refractivity contribution in [1.29, 1.82) is 0 Å². The third-order valence-electron chi connectivity index (χ3n) is 5.08. The number of likely N-dealkylation sites (tertiary alicyclic amines) is 1. The van der Waals surface area contributed by atoms with Crippen LogP contribution < -0.4 is 4.90 Å². The van der Waals surface area contributed by atoms with Crippen LogP contribution in [0.1, 0.15) is 53.6 Å². The van der Waals surface area contributed by atoms with Crippen molar-refractivity contribution in [3.05, 3.63) is 47.7 Å². The molecule has 0 N–H and O–H groups in total. The molecule has 25 heavy (non-hydrogen) atoms. The first-order chi connectivity index (χ1) is 12.2. The SMILES string of the molecule is Cc1nccc([C@H]2CCCN2C(=O)c2ccnc(N3CCCC3)c2)n1. The second-order valence-electron chi connectivity index (χ2n) is 6.78. The van der Waals surface area contributed by atoms with E-state index in [0.29, 0.717) is 0 Å². The van der Waals surface area contributed by atoms with Crippen LogP contribution in [-0.4, -0.2) is 45.4 Å². The summed E-state index contributed by atoms with van der Waals surface area (Å²) >= 11 is 0. The third-order valence-corrected chi connectivity index (χ3v) is 5.08. The highest BCUT2D eigenvalue weighted by molar-refractivity contribution is 5.95. The molecule has 6 nitrogen and oxygen atoms in total. The Morgan fingerprint density at radius 1 is 1.08 bits per heavy atom. The maximum absolute atomic E-state index is 13.1. The van der Waals surface area contributed by atoms with Gasteiger partial charge in [-0.15, -0.1) is 0 Å². The van der Waals surface area contributed by atoms with Crippen molar-refractivity contribution in [1.82, 2.24) is 19.9 Å². The number of rotatable bonds is 3. The molecule has 0 unspecified atom stereocenters. The molecular formula is C19H23N5O. The van der Waals surface area contributed by atoms with Crippen molar-refractivity contribution in [2.45, 2.75) is 38.6 Å². The number of amides is 1. The van der Waals surface area contributed by atoms with Crippen molar-refractivity contribution in [3.8, 4) is 0 Å². The first kappa shape index (κ1) is 16.0. The minimum absolute atomic E-state index is 0.0394. The van der Waals surface area contributed by atoms with E-state index in [1.807, 2.05) is 30.0 Å². The average Bonchev–Trinajstić information content (AvgIpc) is 3.33. The third kappa shape index (κ3) is 3.21. The monoisotopic (exact) mass is 337 g/mol. The average molecular weight is 337 g/mol. The molecule has 1 amide bonds. The second kappa shape index (κ2) is 6.78. The van der Waals surface area contributed by atoms with Crippen LogP contribution in [-0.2, 0) is 0 Å². The molecule has 130 valence electrons. The molecule has 0 bridgehead atoms. The summed E-state index contributed by atoms with van der Waals surface area (Å²) in [7, 11) is 0. The van der Waals surface area contributed by atoms with E-state index >= 15 is 0 Å². The highest BCUT2D eigenvalue weighted by Crippen LogP contribution is 2.32. The Balaban J connectivity index is 1.58. The molecule has 4 rings (SSSR count). The second-order valence-corrected chi connectivity index (χ2v) is 6.78. The lowest BCUT2D eigenvalue weighted by Gasteiger charge is -2.25. The highest BCUT2D eigenvalue weighted by Gasteiger charge is 2.32. The Morgan fingerprint density at radius 3 is 2.68 bits per heavy atom. The maximum atomic E-state index is 13.1. The summed E-state index contributed by atoms with van der Waals surface area (Å²) in [6.07, 6.45) is 7.87. The van der Waals surface area contributed by atoms with Gasteiger partial charge in [-0.05, 0) is 50.8 Å². The van der Waals surface area contributed by atoms with Gasteiger partial charge in [0.15, 0.2) is 0 Å². The summed E-state index contributed by atoms with van der Waals surface area (Å²) in [4.78, 5) is 30.5. The molecule has 1 atom stereocenters. The first-order valence-electron chi connectivity index (χ1n) is 9.04. The molecular weight excluding hydrogens is 314 g/mol. The number of aryl methyl sites for hydroxylation is 1. The summed E-state index contributed by atoms with van der Waals surface area (Å²) < 4.78 is 0. The fourth-order valence-corrected chi connectivity index (χ4v) is 3.81. The number of carbonyl (C=O) groups excluding carboxylic acids is 1. The Kier molecular flexibility index (Phi) is 4.34. The summed E-state index contributed by atoms with van der Waals surface area (Å²) in [5.74, 6) is 1.73. The number of anilines is 1. The molecule has 0 saturated carbocycles. The number of aromatic nitrogens is 3. The lowest BCUT2D eigenvalue weighted by atomic mass is 10.1. The molecule has 2 aliphatic heterocycles. The number of carbonyl (C=O) groups is 1. The van der Waals surface area contributed by atoms with Crippen LogP contribution in [0.4, 0.5) is 5.82 Å². The Hall–Kier alpha value is -2.50. The van der Waals surface area contributed by atoms with Gasteiger partial charge < -0.3 is 9.80 Å². The molecule has 6 heteroatoms. The Labute approximate surface area is 147 Å². The van der Waals surface area contributed by atoms with E-state index in [0.717, 1.165) is 55.4 Å². The van der Waals surface area contributed by atoms with Gasteiger partial charge >= 0.3 is 0 Å². The van der Waals surface area contributed by atoms with E-state index in [1.54, 1.807) is 12.4 Å². The normalized spacial score (nSPS) is 20.3. The molecule has 4 heterocycles. The Morgan fingerprint density at radius 2 is 1.88 bits per heavy atom. The topological polar surface area (TPSA) is 62.2 Å². The van der Waals surface area contributed by atoms with Crippen LogP contribution in [0.3, 0.4) is 0 Å². The molecule has 2 aromatic rings. The minimum atomic E-state index is 0.0394. The molecule has 2 aromatic heterocycles. The van der Waals surface area contributed by atoms with Gasteiger partial charge in [0, 0.05) is 37.6 Å². The molecule has 0 aromatic carbocycles. The van der Waals surface area contributed by atoms with Gasteiger partial charge in [-0.1, -0.05) is 0 Å². The van der Waals surface area contributed by atoms with Crippen LogP contribution in [0.5, 0.6) is 0 Å². The predicted molar refractivity (Wildman–Crippen MR) is 95.5 cm³/mol. The Bertz CT molecular complexity index is 772. The smallest absolute Gasteiger partial charge is 0.254 e. The van der Waals surface area contributed by atoms with Crippen LogP contribution >= 0.6 is 0 Å². The van der Waals surface area contributed by atoms with E-state index in [1.165, 1.54) is 12.8 Å². The van der Waals surface area contributed by atoms with Gasteiger partial charge in [0.05, 0.1) is 11.7 Å². The fourth-order valence-electron chi connectivity index (χ4n) is 3.81. The summed E-state index contributed by atoms with van der Waals surface area (Å²) in [6, 6.07) is 5.72. The molecule has 2 aliphatic rings. The van der Waals surface area contributed by atoms with E-state index in [-0.39, 0.29) is 11.9 Å². The van der Waals surface area contributed by atoms with Crippen molar-refractivity contribution >= 4 is 11.7 Å². The standard InChI is InChI=1S/C19H23N5O/c1-14-20-9-7-16(22-14)17-5-4-12-24(17)19(25)15-6-8-21-18(13-15)23-10-2-3-11-23/h6-9,13,17H,2-5,10-12H2,1H3/t17-/m1/s1. The number of hydrogen-bond acceptors (Lipinski definition) is 5.